The highest BCUT2D eigenvalue weighted by Gasteiger charge is 2.49. The lowest BCUT2D eigenvalue weighted by Crippen LogP contribution is -2.50. The Morgan fingerprint density at radius 2 is 1.53 bits per heavy atom. The number of esters is 1. The standard InChI is InChI=1S/C31H32O3/c1-2-3-21-31(22-25-15-9-5-10-16-25)23-28(32)29(30(33)34-31)27(26-17-11-6-12-18-26)20-19-24-13-7-4-8-14-24/h4-20,27,29H,2-3,21-23H2,1H3. The zero-order valence-corrected chi connectivity index (χ0v) is 19.7. The van der Waals surface area contributed by atoms with E-state index in [0.29, 0.717) is 12.8 Å². The molecule has 0 radical (unpaired) electrons. The molecule has 3 aromatic rings. The molecule has 0 spiro atoms. The lowest BCUT2D eigenvalue weighted by Gasteiger charge is -2.40. The summed E-state index contributed by atoms with van der Waals surface area (Å²) in [5, 5.41) is 0. The van der Waals surface area contributed by atoms with Gasteiger partial charge in [0.2, 0.25) is 0 Å². The number of carbonyl (C=O) groups is 2. The van der Waals surface area contributed by atoms with Crippen LogP contribution in [0.5, 0.6) is 0 Å². The van der Waals surface area contributed by atoms with E-state index in [4.69, 9.17) is 4.74 Å². The largest absolute Gasteiger partial charge is 0.458 e. The fourth-order valence-corrected chi connectivity index (χ4v) is 4.88. The first kappa shape index (κ1) is 23.7. The first-order valence-corrected chi connectivity index (χ1v) is 12.2. The number of allylic oxidation sites excluding steroid dienone is 1. The van der Waals surface area contributed by atoms with Crippen LogP contribution in [0.1, 0.15) is 55.2 Å². The molecule has 1 fully saturated rings. The van der Waals surface area contributed by atoms with Gasteiger partial charge in [-0.25, -0.2) is 0 Å². The molecule has 3 nitrogen and oxygen atoms in total. The third kappa shape index (κ3) is 5.72. The molecule has 1 saturated heterocycles. The molecule has 1 heterocycles. The molecule has 0 aliphatic carbocycles. The Hall–Kier alpha value is -3.46. The van der Waals surface area contributed by atoms with Crippen LogP contribution in [0.3, 0.4) is 0 Å². The molecule has 4 rings (SSSR count). The van der Waals surface area contributed by atoms with Gasteiger partial charge in [0.1, 0.15) is 11.5 Å². The Bertz CT molecular complexity index is 1090. The summed E-state index contributed by atoms with van der Waals surface area (Å²) in [5.74, 6) is -1.65. The van der Waals surface area contributed by atoms with Gasteiger partial charge in [0.25, 0.3) is 0 Å². The van der Waals surface area contributed by atoms with Gasteiger partial charge in [0.15, 0.2) is 5.78 Å². The molecule has 0 N–H and O–H groups in total. The van der Waals surface area contributed by atoms with Crippen molar-refractivity contribution in [2.75, 3.05) is 0 Å². The molecule has 1 aliphatic heterocycles. The number of hydrogen-bond donors (Lipinski definition) is 0. The molecule has 1 aliphatic rings. The Morgan fingerprint density at radius 3 is 2.15 bits per heavy atom. The van der Waals surface area contributed by atoms with E-state index in [1.54, 1.807) is 0 Å². The summed E-state index contributed by atoms with van der Waals surface area (Å²) in [4.78, 5) is 27.2. The summed E-state index contributed by atoms with van der Waals surface area (Å²) in [6.07, 6.45) is 7.37. The minimum absolute atomic E-state index is 0.0325. The summed E-state index contributed by atoms with van der Waals surface area (Å²) < 4.78 is 6.22. The van der Waals surface area contributed by atoms with Gasteiger partial charge in [-0.05, 0) is 29.5 Å². The van der Waals surface area contributed by atoms with E-state index < -0.39 is 17.5 Å². The number of hydrogen-bond acceptors (Lipinski definition) is 3. The summed E-state index contributed by atoms with van der Waals surface area (Å²) in [6.45, 7) is 2.12. The number of ether oxygens (including phenoxy) is 1. The first-order chi connectivity index (χ1) is 16.6. The number of ketones is 1. The topological polar surface area (TPSA) is 43.4 Å². The molecule has 0 amide bonds. The molecule has 174 valence electrons. The average Bonchev–Trinajstić information content (AvgIpc) is 2.86. The molecular weight excluding hydrogens is 420 g/mol. The fraction of sp³-hybridized carbons (Fsp3) is 0.290. The quantitative estimate of drug-likeness (QED) is 0.265. The van der Waals surface area contributed by atoms with Crippen LogP contribution in [0.4, 0.5) is 0 Å². The highest BCUT2D eigenvalue weighted by atomic mass is 16.6. The molecule has 3 heteroatoms. The van der Waals surface area contributed by atoms with Crippen molar-refractivity contribution in [3.8, 4) is 0 Å². The van der Waals surface area contributed by atoms with E-state index in [1.807, 2.05) is 103 Å². The average molecular weight is 453 g/mol. The molecule has 34 heavy (non-hydrogen) atoms. The second-order valence-corrected chi connectivity index (χ2v) is 9.20. The first-order valence-electron chi connectivity index (χ1n) is 12.2. The van der Waals surface area contributed by atoms with Crippen LogP contribution in [0.15, 0.2) is 97.1 Å². The van der Waals surface area contributed by atoms with E-state index in [0.717, 1.165) is 29.5 Å². The van der Waals surface area contributed by atoms with Crippen molar-refractivity contribution in [2.24, 2.45) is 5.92 Å². The van der Waals surface area contributed by atoms with E-state index in [9.17, 15) is 9.59 Å². The summed E-state index contributed by atoms with van der Waals surface area (Å²) in [7, 11) is 0. The third-order valence-electron chi connectivity index (χ3n) is 6.61. The van der Waals surface area contributed by atoms with Crippen molar-refractivity contribution in [3.63, 3.8) is 0 Å². The van der Waals surface area contributed by atoms with Crippen molar-refractivity contribution in [2.45, 2.75) is 50.5 Å². The number of cyclic esters (lactones) is 1. The molecular formula is C31H32O3. The Labute approximate surface area is 202 Å². The van der Waals surface area contributed by atoms with Crippen LogP contribution in [0.2, 0.25) is 0 Å². The number of Topliss-reactive ketones (excluding diaryl/α,β-unsaturated/α-hetero) is 1. The highest BCUT2D eigenvalue weighted by Crippen LogP contribution is 2.40. The minimum Gasteiger partial charge on any atom is -0.458 e. The molecule has 3 atom stereocenters. The summed E-state index contributed by atoms with van der Waals surface area (Å²) in [6, 6.07) is 29.7. The van der Waals surface area contributed by atoms with Gasteiger partial charge in [-0.2, -0.15) is 0 Å². The third-order valence-corrected chi connectivity index (χ3v) is 6.61. The van der Waals surface area contributed by atoms with Crippen LogP contribution in [0.25, 0.3) is 6.08 Å². The lowest BCUT2D eigenvalue weighted by molar-refractivity contribution is -0.179. The summed E-state index contributed by atoms with van der Waals surface area (Å²) >= 11 is 0. The van der Waals surface area contributed by atoms with Crippen LogP contribution in [-0.4, -0.2) is 17.4 Å². The molecule has 0 aromatic heterocycles. The predicted octanol–water partition coefficient (Wildman–Crippen LogP) is 6.79. The van der Waals surface area contributed by atoms with Crippen LogP contribution < -0.4 is 0 Å². The minimum atomic E-state index is -0.840. The van der Waals surface area contributed by atoms with E-state index in [1.165, 1.54) is 0 Å². The molecule has 3 unspecified atom stereocenters. The molecule has 0 bridgehead atoms. The van der Waals surface area contributed by atoms with Crippen molar-refractivity contribution >= 4 is 17.8 Å². The predicted molar refractivity (Wildman–Crippen MR) is 136 cm³/mol. The van der Waals surface area contributed by atoms with E-state index in [2.05, 4.69) is 6.92 Å². The lowest BCUT2D eigenvalue weighted by atomic mass is 9.74. The van der Waals surface area contributed by atoms with Gasteiger partial charge in [-0.15, -0.1) is 0 Å². The zero-order valence-electron chi connectivity index (χ0n) is 19.7. The van der Waals surface area contributed by atoms with E-state index >= 15 is 0 Å². The van der Waals surface area contributed by atoms with Crippen LogP contribution >= 0.6 is 0 Å². The highest BCUT2D eigenvalue weighted by molar-refractivity contribution is 6.03. The summed E-state index contributed by atoms with van der Waals surface area (Å²) in [5.41, 5.74) is 2.28. The SMILES string of the molecule is CCCCC1(Cc2ccccc2)CC(=O)C(C(C=Cc2ccccc2)c2ccccc2)C(=O)O1. The van der Waals surface area contributed by atoms with Gasteiger partial charge in [0, 0.05) is 18.8 Å². The molecule has 0 saturated carbocycles. The van der Waals surface area contributed by atoms with Gasteiger partial charge in [0.05, 0.1) is 0 Å². The van der Waals surface area contributed by atoms with Gasteiger partial charge in [-0.3, -0.25) is 9.59 Å². The fourth-order valence-electron chi connectivity index (χ4n) is 4.88. The number of unbranched alkanes of at least 4 members (excludes halogenated alkanes) is 1. The maximum absolute atomic E-state index is 13.7. The Balaban J connectivity index is 1.64. The maximum Gasteiger partial charge on any atom is 0.318 e. The molecule has 3 aromatic carbocycles. The van der Waals surface area contributed by atoms with Gasteiger partial charge >= 0.3 is 5.97 Å². The van der Waals surface area contributed by atoms with Crippen LogP contribution in [0, 0.1) is 5.92 Å². The van der Waals surface area contributed by atoms with Crippen molar-refractivity contribution < 1.29 is 14.3 Å². The normalized spacial score (nSPS) is 21.4. The second kappa shape index (κ2) is 11.1. The smallest absolute Gasteiger partial charge is 0.318 e. The number of carbonyl (C=O) groups excluding carboxylic acids is 2. The Kier molecular flexibility index (Phi) is 7.74. The second-order valence-electron chi connectivity index (χ2n) is 9.20. The number of rotatable bonds is 9. The van der Waals surface area contributed by atoms with Gasteiger partial charge in [-0.1, -0.05) is 116 Å². The van der Waals surface area contributed by atoms with Crippen molar-refractivity contribution in [1.82, 2.24) is 0 Å². The van der Waals surface area contributed by atoms with Gasteiger partial charge < -0.3 is 4.74 Å². The van der Waals surface area contributed by atoms with Crippen LogP contribution in [-0.2, 0) is 20.7 Å². The zero-order chi connectivity index (χ0) is 23.8. The van der Waals surface area contributed by atoms with E-state index in [-0.39, 0.29) is 18.1 Å². The maximum atomic E-state index is 13.7. The Morgan fingerprint density at radius 1 is 0.912 bits per heavy atom. The monoisotopic (exact) mass is 452 g/mol. The van der Waals surface area contributed by atoms with Crippen molar-refractivity contribution in [1.29, 1.82) is 0 Å². The number of benzene rings is 3. The van der Waals surface area contributed by atoms with Crippen molar-refractivity contribution in [3.05, 3.63) is 114 Å².